The third-order valence-electron chi connectivity index (χ3n) is 4.61. The van der Waals surface area contributed by atoms with E-state index in [0.717, 1.165) is 29.1 Å². The van der Waals surface area contributed by atoms with E-state index in [-0.39, 0.29) is 23.1 Å². The lowest BCUT2D eigenvalue weighted by atomic mass is 10.1. The van der Waals surface area contributed by atoms with Gasteiger partial charge in [-0.3, -0.25) is 9.59 Å². The van der Waals surface area contributed by atoms with Crippen LogP contribution >= 0.6 is 15.9 Å². The fraction of sp³-hybridized carbons (Fsp3) is 0.421. The number of hydrogen-bond acceptors (Lipinski definition) is 6. The molecular weight excluding hydrogens is 462 g/mol. The molecule has 156 valence electrons. The highest BCUT2D eigenvalue weighted by atomic mass is 79.9. The molecule has 0 saturated heterocycles. The minimum absolute atomic E-state index is 0.0379. The van der Waals surface area contributed by atoms with Crippen molar-refractivity contribution < 1.29 is 22.5 Å². The van der Waals surface area contributed by atoms with Gasteiger partial charge in [0.15, 0.2) is 21.3 Å². The minimum Gasteiger partial charge on any atom is -0.360 e. The standard InChI is InChI=1S/C19H22BrN3O5S/c1-12-6-13(8-14(20)7-12)17(24)21-19(4-5-19)11-23(2)18(25)16-9-15(28-22-16)10-29(3,26)27/h6-9H,4-5,10-11H2,1-3H3,(H,21,24). The molecule has 0 unspecified atom stereocenters. The van der Waals surface area contributed by atoms with E-state index >= 15 is 0 Å². The first kappa shape index (κ1) is 21.5. The van der Waals surface area contributed by atoms with Gasteiger partial charge in [0.1, 0.15) is 5.75 Å². The average molecular weight is 484 g/mol. The van der Waals surface area contributed by atoms with Gasteiger partial charge in [0, 0.05) is 36.0 Å². The summed E-state index contributed by atoms with van der Waals surface area (Å²) >= 11 is 3.40. The number of hydrogen-bond donors (Lipinski definition) is 1. The van der Waals surface area contributed by atoms with E-state index < -0.39 is 21.3 Å². The Kier molecular flexibility index (Phi) is 5.86. The van der Waals surface area contributed by atoms with E-state index in [1.807, 2.05) is 19.1 Å². The Bertz CT molecular complexity index is 1040. The fourth-order valence-corrected chi connectivity index (χ4v) is 4.38. The van der Waals surface area contributed by atoms with Gasteiger partial charge >= 0.3 is 0 Å². The third kappa shape index (κ3) is 5.66. The van der Waals surface area contributed by atoms with Gasteiger partial charge in [-0.15, -0.1) is 0 Å². The van der Waals surface area contributed by atoms with E-state index in [4.69, 9.17) is 4.52 Å². The Morgan fingerprint density at radius 1 is 1.28 bits per heavy atom. The van der Waals surface area contributed by atoms with Crippen molar-refractivity contribution in [1.29, 1.82) is 0 Å². The van der Waals surface area contributed by atoms with Crippen LogP contribution in [0.25, 0.3) is 0 Å². The second kappa shape index (κ2) is 7.91. The zero-order chi connectivity index (χ0) is 21.4. The molecule has 1 aromatic carbocycles. The smallest absolute Gasteiger partial charge is 0.275 e. The highest BCUT2D eigenvalue weighted by Gasteiger charge is 2.46. The SMILES string of the molecule is Cc1cc(Br)cc(C(=O)NC2(CN(C)C(=O)c3cc(CS(C)(=O)=O)on3)CC2)c1. The van der Waals surface area contributed by atoms with Crippen LogP contribution in [0.4, 0.5) is 0 Å². The first-order valence-corrected chi connectivity index (χ1v) is 11.8. The summed E-state index contributed by atoms with van der Waals surface area (Å²) in [7, 11) is -1.67. The maximum absolute atomic E-state index is 12.6. The summed E-state index contributed by atoms with van der Waals surface area (Å²) in [5.41, 5.74) is 1.09. The van der Waals surface area contributed by atoms with Crippen LogP contribution in [0.5, 0.6) is 0 Å². The lowest BCUT2D eigenvalue weighted by Gasteiger charge is -2.24. The van der Waals surface area contributed by atoms with Crippen molar-refractivity contribution in [1.82, 2.24) is 15.4 Å². The van der Waals surface area contributed by atoms with Crippen molar-refractivity contribution in [3.8, 4) is 0 Å². The zero-order valence-electron chi connectivity index (χ0n) is 16.4. The summed E-state index contributed by atoms with van der Waals surface area (Å²) in [6.07, 6.45) is 2.61. The first-order valence-electron chi connectivity index (χ1n) is 8.95. The summed E-state index contributed by atoms with van der Waals surface area (Å²) < 4.78 is 28.5. The quantitative estimate of drug-likeness (QED) is 0.646. The fourth-order valence-electron chi connectivity index (χ4n) is 3.12. The summed E-state index contributed by atoms with van der Waals surface area (Å²) in [6, 6.07) is 6.82. The lowest BCUT2D eigenvalue weighted by molar-refractivity contribution is 0.0748. The molecule has 0 bridgehead atoms. The Labute approximate surface area is 177 Å². The molecule has 1 heterocycles. The summed E-state index contributed by atoms with van der Waals surface area (Å²) in [5.74, 6) is -0.788. The van der Waals surface area contributed by atoms with Crippen molar-refractivity contribution in [2.24, 2.45) is 0 Å². The summed E-state index contributed by atoms with van der Waals surface area (Å²) in [4.78, 5) is 26.7. The third-order valence-corrected chi connectivity index (χ3v) is 5.87. The second-order valence-corrected chi connectivity index (χ2v) is 10.7. The number of nitrogens with one attached hydrogen (secondary N) is 1. The Morgan fingerprint density at radius 3 is 2.55 bits per heavy atom. The molecule has 1 aliphatic carbocycles. The molecule has 1 aromatic heterocycles. The van der Waals surface area contributed by atoms with Crippen LogP contribution in [0.3, 0.4) is 0 Å². The van der Waals surface area contributed by atoms with E-state index in [2.05, 4.69) is 26.4 Å². The zero-order valence-corrected chi connectivity index (χ0v) is 18.8. The second-order valence-electron chi connectivity index (χ2n) is 7.66. The molecule has 1 aliphatic rings. The van der Waals surface area contributed by atoms with Gasteiger partial charge in [0.25, 0.3) is 11.8 Å². The monoisotopic (exact) mass is 483 g/mol. The van der Waals surface area contributed by atoms with Crippen LogP contribution < -0.4 is 5.32 Å². The average Bonchev–Trinajstić information content (AvgIpc) is 3.18. The molecule has 0 atom stereocenters. The van der Waals surface area contributed by atoms with Crippen molar-refractivity contribution in [2.45, 2.75) is 31.1 Å². The number of carbonyl (C=O) groups excluding carboxylic acids is 2. The van der Waals surface area contributed by atoms with Crippen LogP contribution in [0, 0.1) is 6.92 Å². The van der Waals surface area contributed by atoms with Gasteiger partial charge in [0.05, 0.1) is 5.54 Å². The molecule has 8 nitrogen and oxygen atoms in total. The van der Waals surface area contributed by atoms with Crippen LogP contribution in [0.1, 0.15) is 45.0 Å². The number of sulfone groups is 1. The number of halogens is 1. The summed E-state index contributed by atoms with van der Waals surface area (Å²) in [5, 5.41) is 6.71. The van der Waals surface area contributed by atoms with Crippen molar-refractivity contribution in [2.75, 3.05) is 19.8 Å². The number of nitrogens with zero attached hydrogens (tertiary/aromatic N) is 2. The largest absolute Gasteiger partial charge is 0.360 e. The van der Waals surface area contributed by atoms with Gasteiger partial charge in [-0.1, -0.05) is 21.1 Å². The van der Waals surface area contributed by atoms with E-state index in [0.29, 0.717) is 12.1 Å². The topological polar surface area (TPSA) is 110 Å². The molecular formula is C19H22BrN3O5S. The summed E-state index contributed by atoms with van der Waals surface area (Å²) in [6.45, 7) is 2.23. The molecule has 10 heteroatoms. The van der Waals surface area contributed by atoms with Crippen molar-refractivity contribution in [3.05, 3.63) is 51.3 Å². The number of benzene rings is 1. The predicted octanol–water partition coefficient (Wildman–Crippen LogP) is 2.32. The van der Waals surface area contributed by atoms with Gasteiger partial charge in [-0.25, -0.2) is 8.42 Å². The molecule has 1 fully saturated rings. The molecule has 0 radical (unpaired) electrons. The van der Waals surface area contributed by atoms with Crippen molar-refractivity contribution in [3.63, 3.8) is 0 Å². The number of amides is 2. The van der Waals surface area contributed by atoms with Crippen molar-refractivity contribution >= 4 is 37.6 Å². The normalized spacial score (nSPS) is 15.0. The molecule has 0 aliphatic heterocycles. The highest BCUT2D eigenvalue weighted by Crippen LogP contribution is 2.36. The first-order chi connectivity index (χ1) is 13.5. The number of likely N-dealkylation sites (N-methyl/N-ethyl adjacent to an activating group) is 1. The van der Waals surface area contributed by atoms with Crippen LogP contribution in [0.2, 0.25) is 0 Å². The van der Waals surface area contributed by atoms with E-state index in [9.17, 15) is 18.0 Å². The molecule has 2 aromatic rings. The molecule has 3 rings (SSSR count). The van der Waals surface area contributed by atoms with Crippen LogP contribution in [-0.4, -0.2) is 55.7 Å². The molecule has 2 amide bonds. The lowest BCUT2D eigenvalue weighted by Crippen LogP contribution is -2.46. The molecule has 0 spiro atoms. The Balaban J connectivity index is 1.64. The number of carbonyl (C=O) groups is 2. The number of aryl methyl sites for hydroxylation is 1. The van der Waals surface area contributed by atoms with Crippen LogP contribution in [-0.2, 0) is 15.6 Å². The van der Waals surface area contributed by atoms with E-state index in [1.165, 1.54) is 11.0 Å². The Morgan fingerprint density at radius 2 is 1.97 bits per heavy atom. The van der Waals surface area contributed by atoms with Gasteiger partial charge in [-0.2, -0.15) is 0 Å². The number of rotatable bonds is 7. The Hall–Kier alpha value is -2.20. The predicted molar refractivity (Wildman–Crippen MR) is 110 cm³/mol. The van der Waals surface area contributed by atoms with Gasteiger partial charge in [0.2, 0.25) is 0 Å². The molecule has 29 heavy (non-hydrogen) atoms. The molecule has 1 N–H and O–H groups in total. The molecule has 1 saturated carbocycles. The minimum atomic E-state index is -3.28. The van der Waals surface area contributed by atoms with Gasteiger partial charge in [-0.05, 0) is 43.5 Å². The highest BCUT2D eigenvalue weighted by molar-refractivity contribution is 9.10. The van der Waals surface area contributed by atoms with Crippen LogP contribution in [0.15, 0.2) is 33.3 Å². The maximum atomic E-state index is 12.6. The number of aromatic nitrogens is 1. The van der Waals surface area contributed by atoms with Gasteiger partial charge < -0.3 is 14.7 Å². The maximum Gasteiger partial charge on any atom is 0.275 e. The van der Waals surface area contributed by atoms with E-state index in [1.54, 1.807) is 13.1 Å².